The normalized spacial score (nSPS) is 11.0. The van der Waals surface area contributed by atoms with Crippen molar-refractivity contribution < 1.29 is 18.3 Å². The van der Waals surface area contributed by atoms with Crippen LogP contribution in [0, 0.1) is 18.6 Å². The summed E-state index contributed by atoms with van der Waals surface area (Å²) in [5.74, 6) is -1.43. The number of hydrogen-bond acceptors (Lipinski definition) is 4. The van der Waals surface area contributed by atoms with Crippen LogP contribution >= 0.6 is 0 Å². The van der Waals surface area contributed by atoms with Crippen molar-refractivity contribution in [2.24, 2.45) is 7.05 Å². The van der Waals surface area contributed by atoms with Crippen LogP contribution in [-0.2, 0) is 13.7 Å². The number of rotatable bonds is 5. The zero-order valence-electron chi connectivity index (χ0n) is 15.7. The van der Waals surface area contributed by atoms with Gasteiger partial charge in [-0.25, -0.2) is 13.8 Å². The second kappa shape index (κ2) is 7.34. The molecule has 9 heteroatoms. The maximum absolute atomic E-state index is 13.8. The van der Waals surface area contributed by atoms with E-state index in [0.29, 0.717) is 28.5 Å². The van der Waals surface area contributed by atoms with Crippen LogP contribution in [0.25, 0.3) is 5.65 Å². The average molecular weight is 397 g/mol. The number of hydrogen-bond donors (Lipinski definition) is 1. The van der Waals surface area contributed by atoms with E-state index in [-0.39, 0.29) is 18.1 Å². The maximum Gasteiger partial charge on any atom is 0.274 e. The first-order valence-corrected chi connectivity index (χ1v) is 8.77. The molecule has 0 bridgehead atoms. The van der Waals surface area contributed by atoms with Gasteiger partial charge in [0.05, 0.1) is 23.1 Å². The average Bonchev–Trinajstić information content (AvgIpc) is 3.23. The Morgan fingerprint density at radius 1 is 1.21 bits per heavy atom. The van der Waals surface area contributed by atoms with Crippen LogP contribution in [-0.4, -0.2) is 25.1 Å². The molecule has 148 valence electrons. The van der Waals surface area contributed by atoms with Gasteiger partial charge >= 0.3 is 0 Å². The van der Waals surface area contributed by atoms with Gasteiger partial charge in [-0.1, -0.05) is 6.07 Å². The molecule has 0 saturated heterocycles. The number of aryl methyl sites for hydroxylation is 2. The molecule has 0 aliphatic carbocycles. The van der Waals surface area contributed by atoms with Crippen LogP contribution in [0.5, 0.6) is 5.75 Å². The minimum atomic E-state index is -0.687. The van der Waals surface area contributed by atoms with E-state index < -0.39 is 11.6 Å². The Morgan fingerprint density at radius 2 is 1.97 bits per heavy atom. The lowest BCUT2D eigenvalue weighted by Crippen LogP contribution is -2.15. The number of nitrogens with one attached hydrogen (secondary N) is 1. The van der Waals surface area contributed by atoms with E-state index in [0.717, 1.165) is 0 Å². The Bertz CT molecular complexity index is 1190. The summed E-state index contributed by atoms with van der Waals surface area (Å²) in [5, 5.41) is 6.78. The van der Waals surface area contributed by atoms with E-state index in [1.54, 1.807) is 47.6 Å². The predicted molar refractivity (Wildman–Crippen MR) is 102 cm³/mol. The van der Waals surface area contributed by atoms with E-state index in [9.17, 15) is 13.6 Å². The molecule has 4 aromatic rings. The van der Waals surface area contributed by atoms with Gasteiger partial charge in [0.2, 0.25) is 0 Å². The van der Waals surface area contributed by atoms with Crippen molar-refractivity contribution >= 4 is 17.2 Å². The first kappa shape index (κ1) is 18.6. The smallest absolute Gasteiger partial charge is 0.274 e. The number of aromatic nitrogens is 4. The highest BCUT2D eigenvalue weighted by Crippen LogP contribution is 2.24. The Hall–Kier alpha value is -3.75. The topological polar surface area (TPSA) is 73.5 Å². The predicted octanol–water partition coefficient (Wildman–Crippen LogP) is 3.49. The summed E-state index contributed by atoms with van der Waals surface area (Å²) in [7, 11) is 1.75. The van der Waals surface area contributed by atoms with E-state index in [1.165, 1.54) is 24.4 Å². The zero-order chi connectivity index (χ0) is 20.5. The van der Waals surface area contributed by atoms with Crippen LogP contribution in [0.4, 0.5) is 14.5 Å². The highest BCUT2D eigenvalue weighted by molar-refractivity contribution is 6.04. The van der Waals surface area contributed by atoms with Gasteiger partial charge in [0, 0.05) is 19.4 Å². The molecular formula is C20H17F2N5O2. The van der Waals surface area contributed by atoms with Gasteiger partial charge in [0.1, 0.15) is 23.9 Å². The monoisotopic (exact) mass is 397 g/mol. The molecule has 29 heavy (non-hydrogen) atoms. The lowest BCUT2D eigenvalue weighted by Gasteiger charge is -2.09. The summed E-state index contributed by atoms with van der Waals surface area (Å²) in [6.45, 7) is 1.40. The van der Waals surface area contributed by atoms with Crippen molar-refractivity contribution in [2.75, 3.05) is 5.32 Å². The number of amides is 1. The van der Waals surface area contributed by atoms with Gasteiger partial charge in [0.15, 0.2) is 11.4 Å². The van der Waals surface area contributed by atoms with E-state index >= 15 is 0 Å². The zero-order valence-corrected chi connectivity index (χ0v) is 15.7. The minimum absolute atomic E-state index is 0.174. The lowest BCUT2D eigenvalue weighted by atomic mass is 10.2. The molecule has 0 aliphatic rings. The number of imidazole rings is 1. The van der Waals surface area contributed by atoms with Crippen LogP contribution < -0.4 is 10.1 Å². The van der Waals surface area contributed by atoms with E-state index in [2.05, 4.69) is 15.4 Å². The molecule has 3 aromatic heterocycles. The van der Waals surface area contributed by atoms with Gasteiger partial charge in [-0.05, 0) is 31.2 Å². The van der Waals surface area contributed by atoms with Gasteiger partial charge in [-0.2, -0.15) is 5.10 Å². The number of ether oxygens (including phenoxy) is 1. The molecule has 1 N–H and O–H groups in total. The van der Waals surface area contributed by atoms with Crippen molar-refractivity contribution in [3.63, 3.8) is 0 Å². The van der Waals surface area contributed by atoms with Crippen LogP contribution in [0.2, 0.25) is 0 Å². The fraction of sp³-hybridized carbons (Fsp3) is 0.150. The Balaban J connectivity index is 1.64. The number of carbonyl (C=O) groups is 1. The molecule has 0 radical (unpaired) electrons. The molecule has 0 saturated carbocycles. The molecule has 1 amide bonds. The molecule has 4 rings (SSSR count). The summed E-state index contributed by atoms with van der Waals surface area (Å²) < 4.78 is 36.5. The summed E-state index contributed by atoms with van der Waals surface area (Å²) >= 11 is 0. The molecule has 1 aromatic carbocycles. The van der Waals surface area contributed by atoms with Crippen LogP contribution in [0.15, 0.2) is 48.9 Å². The van der Waals surface area contributed by atoms with Crippen molar-refractivity contribution in [1.29, 1.82) is 0 Å². The maximum atomic E-state index is 13.8. The molecule has 0 fully saturated rings. The standard InChI is InChI=1S/C20H17F2N5O2/c1-12-18(20(28)25-13-9-23-26(2)10-13)27-8-4-7-17(19(27)24-12)29-11-14-15(21)5-3-6-16(14)22/h3-10H,11H2,1-2H3,(H,25,28). The van der Waals surface area contributed by atoms with Crippen molar-refractivity contribution in [1.82, 2.24) is 19.2 Å². The summed E-state index contributed by atoms with van der Waals surface area (Å²) in [6, 6.07) is 6.93. The molecule has 0 unspecified atom stereocenters. The van der Waals surface area contributed by atoms with Gasteiger partial charge < -0.3 is 10.1 Å². The summed E-state index contributed by atoms with van der Waals surface area (Å²) in [5.41, 5.74) is 1.56. The number of nitrogens with zero attached hydrogens (tertiary/aromatic N) is 4. The fourth-order valence-corrected chi connectivity index (χ4v) is 3.04. The lowest BCUT2D eigenvalue weighted by molar-refractivity contribution is 0.102. The quantitative estimate of drug-likeness (QED) is 0.560. The van der Waals surface area contributed by atoms with Crippen LogP contribution in [0.3, 0.4) is 0 Å². The highest BCUT2D eigenvalue weighted by atomic mass is 19.1. The Morgan fingerprint density at radius 3 is 2.66 bits per heavy atom. The number of carbonyl (C=O) groups excluding carboxylic acids is 1. The molecular weight excluding hydrogens is 380 g/mol. The second-order valence-electron chi connectivity index (χ2n) is 6.46. The number of pyridine rings is 1. The van der Waals surface area contributed by atoms with Crippen molar-refractivity contribution in [3.05, 3.63) is 77.5 Å². The summed E-state index contributed by atoms with van der Waals surface area (Å²) in [4.78, 5) is 17.2. The third-order valence-electron chi connectivity index (χ3n) is 4.40. The second-order valence-corrected chi connectivity index (χ2v) is 6.46. The van der Waals surface area contributed by atoms with Crippen molar-refractivity contribution in [2.45, 2.75) is 13.5 Å². The number of halogens is 2. The Kier molecular flexibility index (Phi) is 4.71. The number of benzene rings is 1. The van der Waals surface area contributed by atoms with E-state index in [1.807, 2.05) is 0 Å². The minimum Gasteiger partial charge on any atom is -0.485 e. The molecule has 0 spiro atoms. The molecule has 3 heterocycles. The first-order chi connectivity index (χ1) is 13.9. The number of anilines is 1. The number of fused-ring (bicyclic) bond motifs is 1. The Labute approximate surface area is 164 Å². The van der Waals surface area contributed by atoms with Gasteiger partial charge in [0.25, 0.3) is 5.91 Å². The largest absolute Gasteiger partial charge is 0.485 e. The molecule has 7 nitrogen and oxygen atoms in total. The SMILES string of the molecule is Cc1nc2c(OCc3c(F)cccc3F)cccn2c1C(=O)Nc1cnn(C)c1. The molecule has 0 aliphatic heterocycles. The van der Waals surface area contributed by atoms with Gasteiger partial charge in [-0.3, -0.25) is 13.9 Å². The highest BCUT2D eigenvalue weighted by Gasteiger charge is 2.20. The van der Waals surface area contributed by atoms with E-state index in [4.69, 9.17) is 4.74 Å². The molecule has 0 atom stereocenters. The summed E-state index contributed by atoms with van der Waals surface area (Å²) in [6.07, 6.45) is 4.88. The fourth-order valence-electron chi connectivity index (χ4n) is 3.04. The van der Waals surface area contributed by atoms with Crippen LogP contribution in [0.1, 0.15) is 21.7 Å². The third-order valence-corrected chi connectivity index (χ3v) is 4.40. The van der Waals surface area contributed by atoms with Crippen molar-refractivity contribution in [3.8, 4) is 5.75 Å². The third kappa shape index (κ3) is 3.54. The first-order valence-electron chi connectivity index (χ1n) is 8.77. The van der Waals surface area contributed by atoms with Gasteiger partial charge in [-0.15, -0.1) is 0 Å².